The number of hydrogen-bond donors (Lipinski definition) is 1. The highest BCUT2D eigenvalue weighted by Gasteiger charge is 2.28. The van der Waals surface area contributed by atoms with E-state index in [9.17, 15) is 18.4 Å². The average Bonchev–Trinajstić information content (AvgIpc) is 2.69. The van der Waals surface area contributed by atoms with E-state index in [1.807, 2.05) is 0 Å². The van der Waals surface area contributed by atoms with Crippen LogP contribution in [0.5, 0.6) is 11.5 Å². The molecule has 9 heteroatoms. The molecule has 0 spiro atoms. The van der Waals surface area contributed by atoms with E-state index in [4.69, 9.17) is 9.47 Å². The molecule has 0 aliphatic carbocycles. The minimum atomic E-state index is -1.22. The maximum Gasteiger partial charge on any atom is 0.262 e. The summed E-state index contributed by atoms with van der Waals surface area (Å²) in [5.41, 5.74) is -0.828. The fourth-order valence-corrected chi connectivity index (χ4v) is 3.15. The number of benzene rings is 1. The molecular weight excluding hydrogens is 372 g/mol. The molecule has 0 saturated heterocycles. The van der Waals surface area contributed by atoms with Gasteiger partial charge in [-0.2, -0.15) is 4.39 Å². The van der Waals surface area contributed by atoms with E-state index in [0.717, 1.165) is 6.07 Å². The molecule has 7 nitrogen and oxygen atoms in total. The number of ether oxygens (including phenoxy) is 2. The smallest absolute Gasteiger partial charge is 0.262 e. The van der Waals surface area contributed by atoms with Crippen LogP contribution in [0.1, 0.15) is 23.3 Å². The Balaban J connectivity index is 1.86. The summed E-state index contributed by atoms with van der Waals surface area (Å²) >= 11 is 0. The van der Waals surface area contributed by atoms with Gasteiger partial charge in [-0.05, 0) is 19.1 Å². The number of hydrogen-bond acceptors (Lipinski definition) is 5. The van der Waals surface area contributed by atoms with Crippen molar-refractivity contribution in [2.24, 2.45) is 0 Å². The van der Waals surface area contributed by atoms with Gasteiger partial charge in [0.25, 0.3) is 5.91 Å². The van der Waals surface area contributed by atoms with Crippen LogP contribution in [0.4, 0.5) is 14.6 Å². The largest absolute Gasteiger partial charge is 0.497 e. The molecule has 1 N–H and O–H groups in total. The van der Waals surface area contributed by atoms with E-state index < -0.39 is 23.0 Å². The number of nitrogens with zero attached hydrogens (tertiary/aromatic N) is 2. The second kappa shape index (κ2) is 6.59. The lowest BCUT2D eigenvalue weighted by atomic mass is 10.1. The molecule has 1 aliphatic heterocycles. The monoisotopic (exact) mass is 387 g/mol. The van der Waals surface area contributed by atoms with Crippen molar-refractivity contribution in [2.75, 3.05) is 19.0 Å². The number of aromatic nitrogens is 2. The van der Waals surface area contributed by atoms with Crippen LogP contribution < -0.4 is 20.2 Å². The lowest BCUT2D eigenvalue weighted by Crippen LogP contribution is -2.29. The van der Waals surface area contributed by atoms with Gasteiger partial charge in [0.05, 0.1) is 24.1 Å². The van der Waals surface area contributed by atoms with Gasteiger partial charge in [0.1, 0.15) is 23.7 Å². The quantitative estimate of drug-likeness (QED) is 0.747. The zero-order valence-corrected chi connectivity index (χ0v) is 15.0. The van der Waals surface area contributed by atoms with Gasteiger partial charge in [0.2, 0.25) is 11.2 Å². The topological polar surface area (TPSA) is 82.5 Å². The Kier molecular flexibility index (Phi) is 4.21. The van der Waals surface area contributed by atoms with Crippen LogP contribution in [0.2, 0.25) is 0 Å². The second-order valence-corrected chi connectivity index (χ2v) is 6.37. The van der Waals surface area contributed by atoms with Crippen molar-refractivity contribution in [1.82, 2.24) is 9.55 Å². The van der Waals surface area contributed by atoms with Gasteiger partial charge < -0.3 is 19.4 Å². The van der Waals surface area contributed by atoms with Crippen LogP contribution in [0.15, 0.2) is 35.4 Å². The first-order chi connectivity index (χ1) is 13.4. The third-order valence-electron chi connectivity index (χ3n) is 4.56. The van der Waals surface area contributed by atoms with Crippen molar-refractivity contribution in [2.45, 2.75) is 13.0 Å². The van der Waals surface area contributed by atoms with Crippen molar-refractivity contribution >= 4 is 22.6 Å². The number of anilines is 1. The van der Waals surface area contributed by atoms with Crippen LogP contribution in [0.3, 0.4) is 0 Å². The van der Waals surface area contributed by atoms with Gasteiger partial charge in [-0.15, -0.1) is 0 Å². The first-order valence-corrected chi connectivity index (χ1v) is 8.41. The first kappa shape index (κ1) is 17.9. The molecule has 0 fully saturated rings. The molecule has 144 valence electrons. The zero-order chi connectivity index (χ0) is 20.0. The molecule has 4 rings (SSSR count). The molecule has 1 atom stereocenters. The number of rotatable bonds is 3. The number of carbonyl (C=O) groups excluding carboxylic acids is 1. The Hall–Kier alpha value is -3.49. The molecule has 1 aromatic carbocycles. The Morgan fingerprint density at radius 1 is 1.39 bits per heavy atom. The molecule has 0 saturated carbocycles. The number of pyridine rings is 2. The Bertz CT molecular complexity index is 1180. The summed E-state index contributed by atoms with van der Waals surface area (Å²) in [6.07, 6.45) is 2.77. The van der Waals surface area contributed by atoms with E-state index in [-0.39, 0.29) is 40.7 Å². The summed E-state index contributed by atoms with van der Waals surface area (Å²) < 4.78 is 40.0. The highest BCUT2D eigenvalue weighted by Crippen LogP contribution is 2.35. The second-order valence-electron chi connectivity index (χ2n) is 6.37. The van der Waals surface area contributed by atoms with E-state index >= 15 is 0 Å². The number of carbonyl (C=O) groups is 1. The van der Waals surface area contributed by atoms with E-state index in [1.54, 1.807) is 17.6 Å². The molecule has 0 radical (unpaired) electrons. The maximum absolute atomic E-state index is 14.1. The van der Waals surface area contributed by atoms with Crippen LogP contribution in [-0.2, 0) is 0 Å². The third kappa shape index (κ3) is 2.75. The maximum atomic E-state index is 14.1. The zero-order valence-electron chi connectivity index (χ0n) is 15.0. The minimum Gasteiger partial charge on any atom is -0.497 e. The number of amides is 1. The van der Waals surface area contributed by atoms with Crippen LogP contribution in [0.25, 0.3) is 10.9 Å². The molecule has 0 unspecified atom stereocenters. The highest BCUT2D eigenvalue weighted by molar-refractivity contribution is 6.05. The number of methoxy groups -OCH3 is 1. The summed E-state index contributed by atoms with van der Waals surface area (Å²) in [5.74, 6) is -2.76. The summed E-state index contributed by atoms with van der Waals surface area (Å²) in [5, 5.41) is 2.39. The SMILES string of the molecule is COc1ccnc(NC(=O)c2cn3c4c(c(F)c(F)cc4c2=O)OC[C@@H]3C)c1. The van der Waals surface area contributed by atoms with Gasteiger partial charge in [-0.25, -0.2) is 9.37 Å². The molecule has 1 aliphatic rings. The minimum absolute atomic E-state index is 0.0733. The van der Waals surface area contributed by atoms with Crippen LogP contribution >= 0.6 is 0 Å². The van der Waals surface area contributed by atoms with Crippen molar-refractivity contribution in [3.8, 4) is 11.5 Å². The number of halogens is 2. The lowest BCUT2D eigenvalue weighted by molar-refractivity contribution is 0.102. The predicted molar refractivity (Wildman–Crippen MR) is 97.1 cm³/mol. The Morgan fingerprint density at radius 2 is 2.18 bits per heavy atom. The fourth-order valence-electron chi connectivity index (χ4n) is 3.15. The summed E-state index contributed by atoms with van der Waals surface area (Å²) in [6, 6.07) is 3.59. The number of nitrogens with one attached hydrogen (secondary N) is 1. The molecule has 3 aromatic rings. The van der Waals surface area contributed by atoms with Crippen molar-refractivity contribution in [3.05, 3.63) is 58.0 Å². The Labute approximate surface area is 157 Å². The van der Waals surface area contributed by atoms with E-state index in [0.29, 0.717) is 5.75 Å². The van der Waals surface area contributed by atoms with Crippen molar-refractivity contribution in [3.63, 3.8) is 0 Å². The molecule has 1 amide bonds. The normalized spacial score (nSPS) is 15.2. The fraction of sp³-hybridized carbons (Fsp3) is 0.211. The van der Waals surface area contributed by atoms with Gasteiger partial charge in [-0.3, -0.25) is 9.59 Å². The predicted octanol–water partition coefficient (Wildman–Crippen LogP) is 2.89. The molecule has 2 aromatic heterocycles. The molecular formula is C19H15F2N3O4. The van der Waals surface area contributed by atoms with E-state index in [2.05, 4.69) is 10.3 Å². The van der Waals surface area contributed by atoms with E-state index in [1.165, 1.54) is 25.6 Å². The third-order valence-corrected chi connectivity index (χ3v) is 4.56. The summed E-state index contributed by atoms with van der Waals surface area (Å²) in [4.78, 5) is 29.5. The lowest BCUT2D eigenvalue weighted by Gasteiger charge is -2.27. The molecule has 0 bridgehead atoms. The first-order valence-electron chi connectivity index (χ1n) is 8.41. The summed E-state index contributed by atoms with van der Waals surface area (Å²) in [6.45, 7) is 1.85. The van der Waals surface area contributed by atoms with Crippen LogP contribution in [-0.4, -0.2) is 29.2 Å². The van der Waals surface area contributed by atoms with Crippen LogP contribution in [0, 0.1) is 11.6 Å². The summed E-state index contributed by atoms with van der Waals surface area (Å²) in [7, 11) is 1.47. The Morgan fingerprint density at radius 3 is 2.93 bits per heavy atom. The van der Waals surface area contributed by atoms with Gasteiger partial charge in [-0.1, -0.05) is 0 Å². The molecule has 28 heavy (non-hydrogen) atoms. The standard InChI is InChI=1S/C19H15F2N3O4/c1-9-8-28-18-15(21)13(20)6-11-16(18)24(9)7-12(17(11)25)19(26)23-14-5-10(27-2)3-4-22-14/h3-7,9H,8H2,1-2H3,(H,22,23,26)/t9-/m0/s1. The van der Waals surface area contributed by atoms with Gasteiger partial charge in [0.15, 0.2) is 11.6 Å². The van der Waals surface area contributed by atoms with Gasteiger partial charge in [0, 0.05) is 18.5 Å². The molecule has 3 heterocycles. The van der Waals surface area contributed by atoms with Gasteiger partial charge >= 0.3 is 0 Å². The van der Waals surface area contributed by atoms with Crippen molar-refractivity contribution < 1.29 is 23.0 Å². The highest BCUT2D eigenvalue weighted by atomic mass is 19.2. The van der Waals surface area contributed by atoms with Crippen molar-refractivity contribution in [1.29, 1.82) is 0 Å². The average molecular weight is 387 g/mol.